The number of rotatable bonds is 4. The molecule has 1 amide bonds. The van der Waals surface area contributed by atoms with Crippen LogP contribution in [0.15, 0.2) is 30.7 Å². The summed E-state index contributed by atoms with van der Waals surface area (Å²) >= 11 is 0. The molecule has 2 aromatic heterocycles. The second kappa shape index (κ2) is 9.44. The summed E-state index contributed by atoms with van der Waals surface area (Å²) in [6, 6.07) is 6.20. The lowest BCUT2D eigenvalue weighted by Crippen LogP contribution is -2.59. The molecule has 3 aromatic rings. The number of nitrogens with zero attached hydrogens (tertiary/aromatic N) is 8. The van der Waals surface area contributed by atoms with Gasteiger partial charge >= 0.3 is 0 Å². The van der Waals surface area contributed by atoms with E-state index in [1.807, 2.05) is 6.07 Å². The van der Waals surface area contributed by atoms with Crippen LogP contribution in [0.5, 0.6) is 0 Å². The second-order valence-electron chi connectivity index (χ2n) is 8.64. The molecule has 0 bridgehead atoms. The van der Waals surface area contributed by atoms with Crippen molar-refractivity contribution in [3.63, 3.8) is 0 Å². The highest BCUT2D eigenvalue weighted by molar-refractivity contribution is 5.79. The molecule has 2 fully saturated rings. The van der Waals surface area contributed by atoms with Crippen LogP contribution in [0.3, 0.4) is 0 Å². The maximum atomic E-state index is 14.4. The number of benzene rings is 1. The topological polar surface area (TPSA) is 113 Å². The number of piperazine rings is 1. The monoisotopic (exact) mass is 480 g/mol. The van der Waals surface area contributed by atoms with Crippen molar-refractivity contribution >= 4 is 5.91 Å². The van der Waals surface area contributed by atoms with Crippen molar-refractivity contribution in [2.24, 2.45) is 0 Å². The van der Waals surface area contributed by atoms with Crippen LogP contribution in [0.4, 0.5) is 8.78 Å². The molecule has 2 aliphatic heterocycles. The highest BCUT2D eigenvalue weighted by atomic mass is 19.1. The Morgan fingerprint density at radius 3 is 2.86 bits per heavy atom. The molecule has 10 nitrogen and oxygen atoms in total. The number of amides is 1. The number of fused-ring (bicyclic) bond motifs is 1. The summed E-state index contributed by atoms with van der Waals surface area (Å²) in [7, 11) is 0. The van der Waals surface area contributed by atoms with Crippen LogP contribution in [0.25, 0.3) is 5.82 Å². The number of nitriles is 1. The van der Waals surface area contributed by atoms with Gasteiger partial charge < -0.3 is 9.64 Å². The molecular weight excluding hydrogens is 458 g/mol. The predicted octanol–water partition coefficient (Wildman–Crippen LogP) is 1.34. The summed E-state index contributed by atoms with van der Waals surface area (Å²) in [6.45, 7) is 4.42. The zero-order valence-electron chi connectivity index (χ0n) is 18.9. The first-order valence-electron chi connectivity index (χ1n) is 11.1. The van der Waals surface area contributed by atoms with Gasteiger partial charge in [-0.1, -0.05) is 6.07 Å². The smallest absolute Gasteiger partial charge is 0.227 e. The third-order valence-electron chi connectivity index (χ3n) is 6.56. The Bertz CT molecular complexity index is 1290. The van der Waals surface area contributed by atoms with E-state index in [0.717, 1.165) is 10.2 Å². The molecule has 0 N–H and O–H groups in total. The summed E-state index contributed by atoms with van der Waals surface area (Å²) in [5, 5.41) is 19.8. The zero-order chi connectivity index (χ0) is 24.5. The Kier molecular flexibility index (Phi) is 6.19. The molecule has 0 aliphatic carbocycles. The zero-order valence-corrected chi connectivity index (χ0v) is 18.9. The van der Waals surface area contributed by atoms with E-state index >= 15 is 0 Å². The first-order chi connectivity index (χ1) is 16.9. The van der Waals surface area contributed by atoms with Gasteiger partial charge in [0.25, 0.3) is 0 Å². The van der Waals surface area contributed by atoms with Crippen molar-refractivity contribution in [2.75, 3.05) is 32.8 Å². The Morgan fingerprint density at radius 1 is 1.26 bits per heavy atom. The van der Waals surface area contributed by atoms with Crippen molar-refractivity contribution < 1.29 is 18.3 Å². The van der Waals surface area contributed by atoms with Crippen molar-refractivity contribution in [1.82, 2.24) is 35.0 Å². The average molecular weight is 480 g/mol. The molecule has 2 aliphatic rings. The lowest BCUT2D eigenvalue weighted by Gasteiger charge is -2.46. The molecule has 1 aromatic carbocycles. The van der Waals surface area contributed by atoms with Gasteiger partial charge in [0.15, 0.2) is 11.6 Å². The van der Waals surface area contributed by atoms with Crippen LogP contribution in [0.2, 0.25) is 0 Å². The van der Waals surface area contributed by atoms with E-state index in [-0.39, 0.29) is 35.9 Å². The van der Waals surface area contributed by atoms with Crippen LogP contribution < -0.4 is 0 Å². The Balaban J connectivity index is 1.21. The van der Waals surface area contributed by atoms with Gasteiger partial charge in [-0.3, -0.25) is 9.69 Å². The van der Waals surface area contributed by atoms with E-state index < -0.39 is 11.6 Å². The molecule has 0 saturated carbocycles. The summed E-state index contributed by atoms with van der Waals surface area (Å²) in [6.07, 6.45) is 2.45. The highest BCUT2D eigenvalue weighted by Crippen LogP contribution is 2.31. The van der Waals surface area contributed by atoms with E-state index in [9.17, 15) is 18.8 Å². The molecule has 2 atom stereocenters. The third-order valence-corrected chi connectivity index (χ3v) is 6.56. The minimum atomic E-state index is -0.616. The van der Waals surface area contributed by atoms with E-state index in [0.29, 0.717) is 43.9 Å². The SMILES string of the molecule is Cc1c([C@H]2CN3CCN(C(=O)Cc4cnc(-n5cnnn5)c(F)c4)C[C@H]3CO2)ccc(F)c1C#N. The fraction of sp³-hybridized carbons (Fsp3) is 0.391. The first-order valence-corrected chi connectivity index (χ1v) is 11.1. The number of carbonyl (C=O) groups excluding carboxylic acids is 1. The number of carbonyl (C=O) groups is 1. The normalized spacial score (nSPS) is 20.3. The Labute approximate surface area is 199 Å². The maximum absolute atomic E-state index is 14.4. The molecule has 0 spiro atoms. The van der Waals surface area contributed by atoms with E-state index in [1.54, 1.807) is 17.9 Å². The van der Waals surface area contributed by atoms with E-state index in [2.05, 4.69) is 25.4 Å². The molecule has 180 valence electrons. The largest absolute Gasteiger partial charge is 0.370 e. The van der Waals surface area contributed by atoms with Crippen LogP contribution in [-0.4, -0.2) is 79.7 Å². The number of tetrazole rings is 1. The minimum absolute atomic E-state index is 0.0252. The summed E-state index contributed by atoms with van der Waals surface area (Å²) < 4.78 is 35.5. The molecular formula is C23H22F2N8O2. The van der Waals surface area contributed by atoms with Crippen LogP contribution in [-0.2, 0) is 16.0 Å². The molecule has 2 saturated heterocycles. The van der Waals surface area contributed by atoms with Gasteiger partial charge in [-0.15, -0.1) is 5.10 Å². The van der Waals surface area contributed by atoms with Crippen molar-refractivity contribution in [3.05, 3.63) is 64.6 Å². The quantitative estimate of drug-likeness (QED) is 0.550. The van der Waals surface area contributed by atoms with Crippen molar-refractivity contribution in [2.45, 2.75) is 25.5 Å². The summed E-state index contributed by atoms with van der Waals surface area (Å²) in [5.74, 6) is -1.30. The predicted molar refractivity (Wildman–Crippen MR) is 117 cm³/mol. The molecule has 0 unspecified atom stereocenters. The summed E-state index contributed by atoms with van der Waals surface area (Å²) in [5.41, 5.74) is 1.91. The lowest BCUT2D eigenvalue weighted by molar-refractivity contribution is -0.139. The number of ether oxygens (including phenoxy) is 1. The number of hydrogen-bond acceptors (Lipinski definition) is 8. The van der Waals surface area contributed by atoms with Gasteiger partial charge in [0.1, 0.15) is 18.2 Å². The Morgan fingerprint density at radius 2 is 2.11 bits per heavy atom. The summed E-state index contributed by atoms with van der Waals surface area (Å²) in [4.78, 5) is 21.0. The standard InChI is InChI=1S/C23H22F2N8O2/c1-14-17(2-3-19(24)18(14)8-26)21-11-31-4-5-32(10-16(31)12-35-21)22(34)7-15-6-20(25)23(27-9-15)33-13-28-29-30-33/h2-3,6,9,13,16,21H,4-5,7,10-12H2,1H3/t16-,21+/m0/s1. The number of aromatic nitrogens is 5. The average Bonchev–Trinajstić information content (AvgIpc) is 3.38. The fourth-order valence-corrected chi connectivity index (χ4v) is 4.66. The molecule has 35 heavy (non-hydrogen) atoms. The van der Waals surface area contributed by atoms with Crippen molar-refractivity contribution in [3.8, 4) is 11.9 Å². The molecule has 4 heterocycles. The van der Waals surface area contributed by atoms with Crippen molar-refractivity contribution in [1.29, 1.82) is 5.26 Å². The number of morpholine rings is 1. The van der Waals surface area contributed by atoms with Crippen LogP contribution in [0.1, 0.15) is 28.4 Å². The molecule has 12 heteroatoms. The molecule has 5 rings (SSSR count). The van der Waals surface area contributed by atoms with Gasteiger partial charge in [0, 0.05) is 32.4 Å². The van der Waals surface area contributed by atoms with Gasteiger partial charge in [-0.25, -0.2) is 13.8 Å². The van der Waals surface area contributed by atoms with Gasteiger partial charge in [-0.2, -0.15) is 9.94 Å². The number of hydrogen-bond donors (Lipinski definition) is 0. The fourth-order valence-electron chi connectivity index (χ4n) is 4.66. The third kappa shape index (κ3) is 4.48. The van der Waals surface area contributed by atoms with Gasteiger partial charge in [0.05, 0.1) is 30.7 Å². The minimum Gasteiger partial charge on any atom is -0.370 e. The Hall–Kier alpha value is -3.82. The number of pyridine rings is 1. The van der Waals surface area contributed by atoms with Gasteiger partial charge in [0.2, 0.25) is 5.91 Å². The van der Waals surface area contributed by atoms with E-state index in [4.69, 9.17) is 4.74 Å². The maximum Gasteiger partial charge on any atom is 0.227 e. The van der Waals surface area contributed by atoms with Crippen LogP contribution >= 0.6 is 0 Å². The van der Waals surface area contributed by atoms with E-state index in [1.165, 1.54) is 24.7 Å². The molecule has 0 radical (unpaired) electrons. The van der Waals surface area contributed by atoms with Crippen LogP contribution in [0, 0.1) is 29.9 Å². The first kappa shape index (κ1) is 22.9. The number of halogens is 2. The highest BCUT2D eigenvalue weighted by Gasteiger charge is 2.36. The lowest BCUT2D eigenvalue weighted by atomic mass is 9.96. The second-order valence-corrected chi connectivity index (χ2v) is 8.64. The van der Waals surface area contributed by atoms with Gasteiger partial charge in [-0.05, 0) is 46.2 Å².